The van der Waals surface area contributed by atoms with Crippen molar-refractivity contribution in [2.24, 2.45) is 0 Å². The standard InChI is InChI=1S/C27H27ClN4S/c28-21-11-9-20(10-12-21)18-31-13-15-32(16-14-31)26-25-22-7-4-8-23(22)33-27(25)30-24(29-26)17-19-5-2-1-3-6-19/h1-3,5-6,9-12H,4,7-8,13-18H2. The Kier molecular flexibility index (Phi) is 5.78. The zero-order valence-electron chi connectivity index (χ0n) is 18.6. The van der Waals surface area contributed by atoms with Crippen molar-refractivity contribution >= 4 is 39.0 Å². The van der Waals surface area contributed by atoms with Crippen LogP contribution in [0.25, 0.3) is 10.2 Å². The number of piperazine rings is 1. The topological polar surface area (TPSA) is 32.3 Å². The molecule has 4 nitrogen and oxygen atoms in total. The van der Waals surface area contributed by atoms with E-state index < -0.39 is 0 Å². The average molecular weight is 475 g/mol. The van der Waals surface area contributed by atoms with E-state index in [1.165, 1.54) is 51.0 Å². The first-order valence-electron chi connectivity index (χ1n) is 11.8. The Morgan fingerprint density at radius 2 is 1.64 bits per heavy atom. The van der Waals surface area contributed by atoms with Crippen LogP contribution in [0.15, 0.2) is 54.6 Å². The molecule has 1 fully saturated rings. The van der Waals surface area contributed by atoms with Crippen molar-refractivity contribution in [3.63, 3.8) is 0 Å². The van der Waals surface area contributed by atoms with Crippen LogP contribution < -0.4 is 4.90 Å². The van der Waals surface area contributed by atoms with E-state index in [2.05, 4.69) is 52.3 Å². The summed E-state index contributed by atoms with van der Waals surface area (Å²) < 4.78 is 0. The molecule has 0 N–H and O–H groups in total. The van der Waals surface area contributed by atoms with Crippen LogP contribution in [-0.2, 0) is 25.8 Å². The van der Waals surface area contributed by atoms with Crippen molar-refractivity contribution < 1.29 is 0 Å². The third kappa shape index (κ3) is 4.37. The van der Waals surface area contributed by atoms with Gasteiger partial charge >= 0.3 is 0 Å². The molecule has 0 atom stereocenters. The molecule has 3 heterocycles. The molecule has 0 saturated carbocycles. The number of anilines is 1. The lowest BCUT2D eigenvalue weighted by Gasteiger charge is -2.36. The fourth-order valence-corrected chi connectivity index (χ4v) is 6.47. The summed E-state index contributed by atoms with van der Waals surface area (Å²) in [5, 5.41) is 2.13. The van der Waals surface area contributed by atoms with E-state index in [1.54, 1.807) is 0 Å². The minimum Gasteiger partial charge on any atom is -0.353 e. The summed E-state index contributed by atoms with van der Waals surface area (Å²) in [6.07, 6.45) is 4.40. The van der Waals surface area contributed by atoms with Crippen molar-refractivity contribution in [1.29, 1.82) is 0 Å². The number of nitrogens with zero attached hydrogens (tertiary/aromatic N) is 4. The summed E-state index contributed by atoms with van der Waals surface area (Å²) in [5.41, 5.74) is 4.10. The number of halogens is 1. The summed E-state index contributed by atoms with van der Waals surface area (Å²) >= 11 is 7.95. The van der Waals surface area contributed by atoms with Gasteiger partial charge in [0, 0.05) is 49.0 Å². The Morgan fingerprint density at radius 3 is 2.42 bits per heavy atom. The Hall–Kier alpha value is -2.47. The van der Waals surface area contributed by atoms with E-state index >= 15 is 0 Å². The number of thiophene rings is 1. The lowest BCUT2D eigenvalue weighted by Crippen LogP contribution is -2.46. The van der Waals surface area contributed by atoms with Gasteiger partial charge in [-0.25, -0.2) is 9.97 Å². The molecule has 0 spiro atoms. The van der Waals surface area contributed by atoms with Crippen molar-refractivity contribution in [2.45, 2.75) is 32.2 Å². The van der Waals surface area contributed by atoms with Gasteiger partial charge in [-0.2, -0.15) is 0 Å². The van der Waals surface area contributed by atoms with Crippen LogP contribution in [-0.4, -0.2) is 41.0 Å². The van der Waals surface area contributed by atoms with Crippen LogP contribution >= 0.6 is 22.9 Å². The number of hydrogen-bond donors (Lipinski definition) is 0. The van der Waals surface area contributed by atoms with Crippen LogP contribution in [0.2, 0.25) is 5.02 Å². The smallest absolute Gasteiger partial charge is 0.141 e. The molecule has 168 valence electrons. The van der Waals surface area contributed by atoms with Gasteiger partial charge in [-0.3, -0.25) is 4.90 Å². The Morgan fingerprint density at radius 1 is 0.848 bits per heavy atom. The predicted molar refractivity (Wildman–Crippen MR) is 138 cm³/mol. The number of hydrogen-bond acceptors (Lipinski definition) is 5. The number of benzene rings is 2. The molecule has 1 aliphatic heterocycles. The Bertz CT molecular complexity index is 1260. The van der Waals surface area contributed by atoms with Gasteiger partial charge in [0.05, 0.1) is 5.39 Å². The predicted octanol–water partition coefficient (Wildman–Crippen LogP) is 5.75. The van der Waals surface area contributed by atoms with E-state index in [4.69, 9.17) is 21.6 Å². The molecule has 2 aromatic carbocycles. The molecule has 4 aromatic rings. The second kappa shape index (κ2) is 9.05. The van der Waals surface area contributed by atoms with E-state index in [0.717, 1.165) is 55.8 Å². The fourth-order valence-electron chi connectivity index (χ4n) is 5.07. The third-order valence-corrected chi connectivity index (χ3v) is 8.23. The number of aryl methyl sites for hydroxylation is 2. The lowest BCUT2D eigenvalue weighted by molar-refractivity contribution is 0.249. The second-order valence-electron chi connectivity index (χ2n) is 9.05. The van der Waals surface area contributed by atoms with Gasteiger partial charge in [0.2, 0.25) is 0 Å². The number of aromatic nitrogens is 2. The van der Waals surface area contributed by atoms with Crippen molar-refractivity contribution in [2.75, 3.05) is 31.1 Å². The van der Waals surface area contributed by atoms with Gasteiger partial charge in [0.1, 0.15) is 16.5 Å². The van der Waals surface area contributed by atoms with Crippen LogP contribution in [0.4, 0.5) is 5.82 Å². The van der Waals surface area contributed by atoms with Crippen molar-refractivity contribution in [1.82, 2.24) is 14.9 Å². The first-order chi connectivity index (χ1) is 16.2. The molecule has 6 rings (SSSR count). The van der Waals surface area contributed by atoms with Gasteiger partial charge < -0.3 is 4.90 Å². The second-order valence-corrected chi connectivity index (χ2v) is 10.6. The van der Waals surface area contributed by atoms with Crippen LogP contribution in [0, 0.1) is 0 Å². The summed E-state index contributed by atoms with van der Waals surface area (Å²) in [7, 11) is 0. The molecule has 2 aliphatic rings. The van der Waals surface area contributed by atoms with E-state index in [-0.39, 0.29) is 0 Å². The maximum atomic E-state index is 6.05. The molecule has 6 heteroatoms. The monoisotopic (exact) mass is 474 g/mol. The van der Waals surface area contributed by atoms with Gasteiger partial charge in [-0.1, -0.05) is 54.1 Å². The molecule has 2 aromatic heterocycles. The zero-order valence-corrected chi connectivity index (χ0v) is 20.2. The molecule has 0 amide bonds. The molecule has 33 heavy (non-hydrogen) atoms. The normalized spacial score (nSPS) is 16.5. The zero-order chi connectivity index (χ0) is 22.2. The van der Waals surface area contributed by atoms with Gasteiger partial charge in [0.25, 0.3) is 0 Å². The molecular weight excluding hydrogens is 448 g/mol. The van der Waals surface area contributed by atoms with E-state index in [0.29, 0.717) is 0 Å². The summed E-state index contributed by atoms with van der Waals surface area (Å²) in [6.45, 7) is 5.03. The van der Waals surface area contributed by atoms with E-state index in [9.17, 15) is 0 Å². The maximum absolute atomic E-state index is 6.05. The third-order valence-electron chi connectivity index (χ3n) is 6.79. The molecule has 1 aliphatic carbocycles. The fraction of sp³-hybridized carbons (Fsp3) is 0.333. The summed E-state index contributed by atoms with van der Waals surface area (Å²) in [5.74, 6) is 2.10. The van der Waals surface area contributed by atoms with Crippen molar-refractivity contribution in [3.8, 4) is 0 Å². The van der Waals surface area contributed by atoms with Crippen LogP contribution in [0.5, 0.6) is 0 Å². The minimum atomic E-state index is 0.781. The van der Waals surface area contributed by atoms with Gasteiger partial charge in [-0.05, 0) is 48.1 Å². The number of rotatable bonds is 5. The first kappa shape index (κ1) is 21.1. The molecular formula is C27H27ClN4S. The molecule has 0 unspecified atom stereocenters. The Labute approximate surface area is 203 Å². The summed E-state index contributed by atoms with van der Waals surface area (Å²) in [6, 6.07) is 18.8. The van der Waals surface area contributed by atoms with Crippen molar-refractivity contribution in [3.05, 3.63) is 87.0 Å². The summed E-state index contributed by atoms with van der Waals surface area (Å²) in [4.78, 5) is 17.9. The maximum Gasteiger partial charge on any atom is 0.141 e. The van der Waals surface area contributed by atoms with E-state index in [1.807, 2.05) is 23.5 Å². The first-order valence-corrected chi connectivity index (χ1v) is 13.0. The molecule has 1 saturated heterocycles. The SMILES string of the molecule is Clc1ccc(CN2CCN(c3nc(Cc4ccccc4)nc4sc5c(c34)CCC5)CC2)cc1. The quantitative estimate of drug-likeness (QED) is 0.369. The Balaban J connectivity index is 1.27. The highest BCUT2D eigenvalue weighted by Crippen LogP contribution is 2.41. The minimum absolute atomic E-state index is 0.781. The highest BCUT2D eigenvalue weighted by molar-refractivity contribution is 7.19. The number of fused-ring (bicyclic) bond motifs is 3. The average Bonchev–Trinajstić information content (AvgIpc) is 3.42. The largest absolute Gasteiger partial charge is 0.353 e. The van der Waals surface area contributed by atoms with Gasteiger partial charge in [0.15, 0.2) is 0 Å². The van der Waals surface area contributed by atoms with Gasteiger partial charge in [-0.15, -0.1) is 11.3 Å². The molecule has 0 radical (unpaired) electrons. The lowest BCUT2D eigenvalue weighted by atomic mass is 10.1. The highest BCUT2D eigenvalue weighted by atomic mass is 35.5. The highest BCUT2D eigenvalue weighted by Gasteiger charge is 2.27. The van der Waals surface area contributed by atoms with Crippen LogP contribution in [0.1, 0.15) is 33.8 Å². The van der Waals surface area contributed by atoms with Crippen LogP contribution in [0.3, 0.4) is 0 Å². The molecule has 0 bridgehead atoms.